The average Bonchev–Trinajstić information content (AvgIpc) is 2.71. The Morgan fingerprint density at radius 1 is 1.67 bits per heavy atom. The molecule has 0 aromatic carbocycles. The monoisotopic (exact) mass is 208 g/mol. The number of aromatic amines is 1. The lowest BCUT2D eigenvalue weighted by Gasteiger charge is -2.28. The summed E-state index contributed by atoms with van der Waals surface area (Å²) < 4.78 is 0. The molecule has 1 aliphatic heterocycles. The molecule has 1 amide bonds. The summed E-state index contributed by atoms with van der Waals surface area (Å²) in [5, 5.41) is 0. The topological polar surface area (TPSA) is 75.0 Å². The SMILES string of the molecule is CC(C)N1C(=O)C[C@H](N)[C@H]1c1ncc[nH]1. The number of nitrogens with two attached hydrogens (primary N) is 1. The van der Waals surface area contributed by atoms with Crippen molar-refractivity contribution >= 4 is 5.91 Å². The van der Waals surface area contributed by atoms with Gasteiger partial charge in [0.2, 0.25) is 5.91 Å². The molecule has 5 heteroatoms. The molecule has 2 heterocycles. The van der Waals surface area contributed by atoms with Crippen LogP contribution in [0.15, 0.2) is 12.4 Å². The number of nitrogens with zero attached hydrogens (tertiary/aromatic N) is 2. The van der Waals surface area contributed by atoms with Crippen molar-refractivity contribution in [3.8, 4) is 0 Å². The first kappa shape index (κ1) is 10.2. The van der Waals surface area contributed by atoms with E-state index in [4.69, 9.17) is 5.73 Å². The van der Waals surface area contributed by atoms with Crippen LogP contribution in [-0.4, -0.2) is 32.9 Å². The maximum Gasteiger partial charge on any atom is 0.225 e. The average molecular weight is 208 g/mol. The Morgan fingerprint density at radius 2 is 2.40 bits per heavy atom. The van der Waals surface area contributed by atoms with Crippen LogP contribution in [0.25, 0.3) is 0 Å². The lowest BCUT2D eigenvalue weighted by Crippen LogP contribution is -2.38. The number of amides is 1. The molecule has 1 aliphatic rings. The van der Waals surface area contributed by atoms with E-state index in [0.29, 0.717) is 6.42 Å². The lowest BCUT2D eigenvalue weighted by atomic mass is 10.1. The van der Waals surface area contributed by atoms with Crippen LogP contribution in [0, 0.1) is 0 Å². The number of aromatic nitrogens is 2. The molecule has 2 atom stereocenters. The fourth-order valence-electron chi connectivity index (χ4n) is 2.16. The molecule has 0 bridgehead atoms. The molecular weight excluding hydrogens is 192 g/mol. The molecule has 82 valence electrons. The molecule has 15 heavy (non-hydrogen) atoms. The normalized spacial score (nSPS) is 26.7. The van der Waals surface area contributed by atoms with E-state index in [1.165, 1.54) is 0 Å². The van der Waals surface area contributed by atoms with Gasteiger partial charge in [0, 0.05) is 30.9 Å². The first-order chi connectivity index (χ1) is 7.11. The van der Waals surface area contributed by atoms with Gasteiger partial charge in [-0.1, -0.05) is 0 Å². The van der Waals surface area contributed by atoms with Crippen LogP contribution in [-0.2, 0) is 4.79 Å². The molecule has 0 unspecified atom stereocenters. The van der Waals surface area contributed by atoms with Crippen molar-refractivity contribution in [3.63, 3.8) is 0 Å². The van der Waals surface area contributed by atoms with Crippen LogP contribution < -0.4 is 5.73 Å². The van der Waals surface area contributed by atoms with Gasteiger partial charge in [-0.3, -0.25) is 4.79 Å². The molecule has 2 rings (SSSR count). The molecular formula is C10H16N4O. The fourth-order valence-corrected chi connectivity index (χ4v) is 2.16. The zero-order valence-electron chi connectivity index (χ0n) is 8.97. The Hall–Kier alpha value is -1.36. The van der Waals surface area contributed by atoms with Crippen molar-refractivity contribution in [1.29, 1.82) is 0 Å². The Balaban J connectivity index is 2.32. The molecule has 0 spiro atoms. The minimum atomic E-state index is -0.161. The van der Waals surface area contributed by atoms with Gasteiger partial charge in [0.15, 0.2) is 0 Å². The van der Waals surface area contributed by atoms with Gasteiger partial charge >= 0.3 is 0 Å². The second-order valence-electron chi connectivity index (χ2n) is 4.18. The summed E-state index contributed by atoms with van der Waals surface area (Å²) >= 11 is 0. The van der Waals surface area contributed by atoms with Crippen LogP contribution >= 0.6 is 0 Å². The van der Waals surface area contributed by atoms with E-state index >= 15 is 0 Å². The van der Waals surface area contributed by atoms with E-state index in [9.17, 15) is 4.79 Å². The van der Waals surface area contributed by atoms with Gasteiger partial charge in [0.1, 0.15) is 11.9 Å². The summed E-state index contributed by atoms with van der Waals surface area (Å²) in [6, 6.07) is -0.111. The number of hydrogen-bond acceptors (Lipinski definition) is 3. The van der Waals surface area contributed by atoms with E-state index in [0.717, 1.165) is 5.82 Å². The van der Waals surface area contributed by atoms with Gasteiger partial charge in [0.05, 0.1) is 0 Å². The number of nitrogens with one attached hydrogen (secondary N) is 1. The predicted octanol–water partition coefficient (Wildman–Crippen LogP) is 0.419. The second-order valence-corrected chi connectivity index (χ2v) is 4.18. The van der Waals surface area contributed by atoms with Crippen LogP contribution in [0.3, 0.4) is 0 Å². The first-order valence-electron chi connectivity index (χ1n) is 5.17. The van der Waals surface area contributed by atoms with Crippen LogP contribution in [0.1, 0.15) is 32.1 Å². The number of hydrogen-bond donors (Lipinski definition) is 2. The van der Waals surface area contributed by atoms with E-state index in [2.05, 4.69) is 9.97 Å². The fraction of sp³-hybridized carbons (Fsp3) is 0.600. The number of carbonyl (C=O) groups is 1. The van der Waals surface area contributed by atoms with Crippen molar-refractivity contribution in [3.05, 3.63) is 18.2 Å². The van der Waals surface area contributed by atoms with E-state index in [1.807, 2.05) is 18.7 Å². The lowest BCUT2D eigenvalue weighted by molar-refractivity contribution is -0.130. The molecule has 0 aliphatic carbocycles. The van der Waals surface area contributed by atoms with Gasteiger partial charge in [-0.15, -0.1) is 0 Å². The summed E-state index contributed by atoms with van der Waals surface area (Å²) in [5.41, 5.74) is 5.97. The molecule has 1 aromatic heterocycles. The molecule has 1 aromatic rings. The number of rotatable bonds is 2. The Morgan fingerprint density at radius 3 is 2.93 bits per heavy atom. The minimum Gasteiger partial charge on any atom is -0.347 e. The van der Waals surface area contributed by atoms with E-state index in [-0.39, 0.29) is 24.0 Å². The third-order valence-electron chi connectivity index (χ3n) is 2.76. The van der Waals surface area contributed by atoms with Crippen LogP contribution in [0.4, 0.5) is 0 Å². The van der Waals surface area contributed by atoms with Crippen LogP contribution in [0.5, 0.6) is 0 Å². The highest BCUT2D eigenvalue weighted by molar-refractivity contribution is 5.80. The number of imidazole rings is 1. The van der Waals surface area contributed by atoms with Gasteiger partial charge in [-0.25, -0.2) is 4.98 Å². The van der Waals surface area contributed by atoms with Gasteiger partial charge in [-0.2, -0.15) is 0 Å². The molecule has 3 N–H and O–H groups in total. The van der Waals surface area contributed by atoms with Crippen molar-refractivity contribution in [2.75, 3.05) is 0 Å². The first-order valence-corrected chi connectivity index (χ1v) is 5.17. The van der Waals surface area contributed by atoms with Crippen LogP contribution in [0.2, 0.25) is 0 Å². The Bertz CT molecular complexity index is 346. The van der Waals surface area contributed by atoms with Gasteiger partial charge in [-0.05, 0) is 13.8 Å². The van der Waals surface area contributed by atoms with Crippen molar-refractivity contribution in [2.24, 2.45) is 5.73 Å². The Kier molecular flexibility index (Phi) is 2.48. The second kappa shape index (κ2) is 3.66. The summed E-state index contributed by atoms with van der Waals surface area (Å²) in [6.45, 7) is 3.98. The van der Waals surface area contributed by atoms with E-state index in [1.54, 1.807) is 12.4 Å². The summed E-state index contributed by atoms with van der Waals surface area (Å²) in [6.07, 6.45) is 3.84. The number of likely N-dealkylation sites (tertiary alicyclic amines) is 1. The third kappa shape index (κ3) is 1.63. The van der Waals surface area contributed by atoms with Crippen molar-refractivity contribution in [1.82, 2.24) is 14.9 Å². The van der Waals surface area contributed by atoms with E-state index < -0.39 is 0 Å². The summed E-state index contributed by atoms with van der Waals surface area (Å²) in [7, 11) is 0. The summed E-state index contributed by atoms with van der Waals surface area (Å²) in [5.74, 6) is 0.890. The third-order valence-corrected chi connectivity index (χ3v) is 2.76. The molecule has 1 saturated heterocycles. The smallest absolute Gasteiger partial charge is 0.225 e. The maximum atomic E-state index is 11.7. The van der Waals surface area contributed by atoms with Crippen molar-refractivity contribution in [2.45, 2.75) is 38.4 Å². The predicted molar refractivity (Wildman–Crippen MR) is 55.9 cm³/mol. The quantitative estimate of drug-likeness (QED) is 0.739. The minimum absolute atomic E-state index is 0.104. The highest BCUT2D eigenvalue weighted by Gasteiger charge is 2.41. The maximum absolute atomic E-state index is 11.7. The molecule has 0 radical (unpaired) electrons. The molecule has 0 saturated carbocycles. The number of H-pyrrole nitrogens is 1. The zero-order valence-corrected chi connectivity index (χ0v) is 8.97. The standard InChI is InChI=1S/C10H16N4O/c1-6(2)14-8(15)5-7(11)9(14)10-12-3-4-13-10/h3-4,6-7,9H,5,11H2,1-2H3,(H,12,13)/t7-,9-/m0/s1. The Labute approximate surface area is 88.7 Å². The zero-order chi connectivity index (χ0) is 11.0. The van der Waals surface area contributed by atoms with Gasteiger partial charge < -0.3 is 15.6 Å². The van der Waals surface area contributed by atoms with Gasteiger partial charge in [0.25, 0.3) is 0 Å². The highest BCUT2D eigenvalue weighted by Crippen LogP contribution is 2.31. The summed E-state index contributed by atoms with van der Waals surface area (Å²) in [4.78, 5) is 20.8. The largest absolute Gasteiger partial charge is 0.347 e. The van der Waals surface area contributed by atoms with Crippen molar-refractivity contribution < 1.29 is 4.79 Å². The molecule has 1 fully saturated rings. The number of carbonyl (C=O) groups excluding carboxylic acids is 1. The highest BCUT2D eigenvalue weighted by atomic mass is 16.2. The molecule has 5 nitrogen and oxygen atoms in total.